The maximum atomic E-state index is 12.6. The van der Waals surface area contributed by atoms with E-state index in [1.807, 2.05) is 12.1 Å². The fourth-order valence-corrected chi connectivity index (χ4v) is 3.13. The van der Waals surface area contributed by atoms with E-state index in [1.165, 1.54) is 14.2 Å². The molecule has 2 unspecified atom stereocenters. The first kappa shape index (κ1) is 18.9. The van der Waals surface area contributed by atoms with Crippen LogP contribution in [0.2, 0.25) is 0 Å². The Morgan fingerprint density at radius 2 is 1.92 bits per heavy atom. The molecule has 25 heavy (non-hydrogen) atoms. The van der Waals surface area contributed by atoms with Crippen molar-refractivity contribution >= 4 is 5.97 Å². The van der Waals surface area contributed by atoms with E-state index in [0.717, 1.165) is 0 Å². The van der Waals surface area contributed by atoms with Gasteiger partial charge in [-0.1, -0.05) is 30.3 Å². The molecule has 0 aromatic heterocycles. The standard InChI is InChI=1S/C18H22N2O5/c1-5-24-16(21)14-12(2)25-18(22-3,23-4)17(20,11-19)15(14)13-9-7-6-8-10-13/h6-10,15H,5,20H2,1-4H3. The Balaban J connectivity index is 2.78. The number of methoxy groups -OCH3 is 2. The van der Waals surface area contributed by atoms with Crippen molar-refractivity contribution in [2.24, 2.45) is 5.73 Å². The first-order valence-corrected chi connectivity index (χ1v) is 7.83. The van der Waals surface area contributed by atoms with Gasteiger partial charge in [0.05, 0.1) is 24.2 Å². The number of ether oxygens (including phenoxy) is 4. The van der Waals surface area contributed by atoms with Crippen LogP contribution in [0.15, 0.2) is 41.7 Å². The van der Waals surface area contributed by atoms with E-state index in [-0.39, 0.29) is 17.9 Å². The minimum Gasteiger partial charge on any atom is -0.463 e. The quantitative estimate of drug-likeness (QED) is 0.640. The van der Waals surface area contributed by atoms with E-state index in [2.05, 4.69) is 0 Å². The average molecular weight is 346 g/mol. The summed E-state index contributed by atoms with van der Waals surface area (Å²) >= 11 is 0. The number of allylic oxidation sites excluding steroid dienone is 1. The van der Waals surface area contributed by atoms with Crippen LogP contribution in [0.5, 0.6) is 0 Å². The third-order valence-electron chi connectivity index (χ3n) is 4.27. The molecule has 0 amide bonds. The summed E-state index contributed by atoms with van der Waals surface area (Å²) in [4.78, 5) is 12.6. The van der Waals surface area contributed by atoms with E-state index in [1.54, 1.807) is 38.1 Å². The fraction of sp³-hybridized carbons (Fsp3) is 0.444. The van der Waals surface area contributed by atoms with Crippen molar-refractivity contribution in [2.45, 2.75) is 31.3 Å². The Hall–Kier alpha value is -2.40. The highest BCUT2D eigenvalue weighted by Gasteiger charge is 2.64. The molecular formula is C18H22N2O5. The van der Waals surface area contributed by atoms with Crippen molar-refractivity contribution in [3.05, 3.63) is 47.2 Å². The lowest BCUT2D eigenvalue weighted by atomic mass is 9.72. The molecule has 0 aliphatic carbocycles. The second-order valence-electron chi connectivity index (χ2n) is 5.58. The number of nitriles is 1. The van der Waals surface area contributed by atoms with Gasteiger partial charge in [-0.3, -0.25) is 0 Å². The second kappa shape index (κ2) is 7.23. The van der Waals surface area contributed by atoms with Crippen LogP contribution in [-0.4, -0.2) is 38.3 Å². The molecule has 0 saturated heterocycles. The van der Waals surface area contributed by atoms with E-state index in [4.69, 9.17) is 24.7 Å². The number of nitrogens with zero attached hydrogens (tertiary/aromatic N) is 1. The van der Waals surface area contributed by atoms with Gasteiger partial charge in [0.15, 0.2) is 0 Å². The van der Waals surface area contributed by atoms with Gasteiger partial charge in [-0.05, 0) is 19.4 Å². The highest BCUT2D eigenvalue weighted by atomic mass is 16.9. The van der Waals surface area contributed by atoms with E-state index in [9.17, 15) is 10.1 Å². The van der Waals surface area contributed by atoms with E-state index >= 15 is 0 Å². The van der Waals surface area contributed by atoms with Gasteiger partial charge in [-0.15, -0.1) is 0 Å². The van der Waals surface area contributed by atoms with E-state index in [0.29, 0.717) is 5.56 Å². The van der Waals surface area contributed by atoms with Crippen LogP contribution in [0.1, 0.15) is 25.3 Å². The summed E-state index contributed by atoms with van der Waals surface area (Å²) in [5.74, 6) is -3.11. The molecular weight excluding hydrogens is 324 g/mol. The maximum absolute atomic E-state index is 12.6. The van der Waals surface area contributed by atoms with Crippen molar-refractivity contribution in [1.29, 1.82) is 5.26 Å². The Morgan fingerprint density at radius 1 is 1.32 bits per heavy atom. The molecule has 2 rings (SSSR count). The third kappa shape index (κ3) is 2.89. The van der Waals surface area contributed by atoms with Gasteiger partial charge >= 0.3 is 11.9 Å². The van der Waals surface area contributed by atoms with Crippen molar-refractivity contribution in [1.82, 2.24) is 0 Å². The monoisotopic (exact) mass is 346 g/mol. The van der Waals surface area contributed by atoms with E-state index < -0.39 is 23.4 Å². The Morgan fingerprint density at radius 3 is 2.40 bits per heavy atom. The first-order valence-electron chi connectivity index (χ1n) is 7.83. The summed E-state index contributed by atoms with van der Waals surface area (Å²) < 4.78 is 21.6. The largest absolute Gasteiger partial charge is 0.463 e. The summed E-state index contributed by atoms with van der Waals surface area (Å²) in [5.41, 5.74) is 5.43. The Kier molecular flexibility index (Phi) is 5.48. The highest BCUT2D eigenvalue weighted by molar-refractivity contribution is 5.92. The summed E-state index contributed by atoms with van der Waals surface area (Å²) in [6.45, 7) is 3.47. The number of rotatable bonds is 5. The Bertz CT molecular complexity index is 706. The lowest BCUT2D eigenvalue weighted by Crippen LogP contribution is -2.68. The molecule has 0 saturated carbocycles. The van der Waals surface area contributed by atoms with Crippen LogP contribution in [0.25, 0.3) is 0 Å². The fourth-order valence-electron chi connectivity index (χ4n) is 3.13. The van der Waals surface area contributed by atoms with Crippen molar-refractivity contribution in [3.8, 4) is 6.07 Å². The summed E-state index contributed by atoms with van der Waals surface area (Å²) in [6, 6.07) is 11.0. The molecule has 7 nitrogen and oxygen atoms in total. The third-order valence-corrected chi connectivity index (χ3v) is 4.27. The molecule has 1 aliphatic heterocycles. The molecule has 0 radical (unpaired) electrons. The smallest absolute Gasteiger partial charge is 0.360 e. The lowest BCUT2D eigenvalue weighted by Gasteiger charge is -2.48. The minimum absolute atomic E-state index is 0.168. The molecule has 2 atom stereocenters. The molecule has 1 aromatic carbocycles. The molecule has 1 aliphatic rings. The zero-order valence-corrected chi connectivity index (χ0v) is 14.7. The average Bonchev–Trinajstić information content (AvgIpc) is 2.63. The Labute approximate surface area is 146 Å². The topological polar surface area (TPSA) is 104 Å². The number of hydrogen-bond donors (Lipinski definition) is 1. The molecule has 1 heterocycles. The molecule has 134 valence electrons. The maximum Gasteiger partial charge on any atom is 0.360 e. The van der Waals surface area contributed by atoms with Crippen molar-refractivity contribution < 1.29 is 23.7 Å². The van der Waals surface area contributed by atoms with Gasteiger partial charge in [0.1, 0.15) is 5.76 Å². The van der Waals surface area contributed by atoms with Gasteiger partial charge in [0.2, 0.25) is 5.54 Å². The van der Waals surface area contributed by atoms with Crippen LogP contribution < -0.4 is 5.73 Å². The number of nitrogens with two attached hydrogens (primary N) is 1. The molecule has 0 fully saturated rings. The van der Waals surface area contributed by atoms with Crippen LogP contribution in [-0.2, 0) is 23.7 Å². The summed E-state index contributed by atoms with van der Waals surface area (Å²) in [5, 5.41) is 9.91. The minimum atomic E-state index is -1.87. The van der Waals surface area contributed by atoms with Gasteiger partial charge < -0.3 is 24.7 Å². The van der Waals surface area contributed by atoms with Crippen molar-refractivity contribution in [2.75, 3.05) is 20.8 Å². The van der Waals surface area contributed by atoms with Gasteiger partial charge in [0, 0.05) is 14.2 Å². The SMILES string of the molecule is CCOC(=O)C1=C(C)OC(OC)(OC)C(N)(C#N)C1c1ccccc1. The lowest BCUT2D eigenvalue weighted by molar-refractivity contribution is -0.377. The van der Waals surface area contributed by atoms with Crippen LogP contribution >= 0.6 is 0 Å². The normalized spacial score (nSPS) is 25.0. The molecule has 1 aromatic rings. The van der Waals surface area contributed by atoms with Crippen molar-refractivity contribution in [3.63, 3.8) is 0 Å². The summed E-state index contributed by atoms with van der Waals surface area (Å²) in [7, 11) is 2.65. The number of benzene rings is 1. The van der Waals surface area contributed by atoms with Gasteiger partial charge in [-0.2, -0.15) is 5.26 Å². The molecule has 0 spiro atoms. The van der Waals surface area contributed by atoms with Gasteiger partial charge in [0.25, 0.3) is 0 Å². The highest BCUT2D eigenvalue weighted by Crippen LogP contribution is 2.48. The molecule has 7 heteroatoms. The number of carbonyl (C=O) groups excluding carboxylic acids is 1. The molecule has 2 N–H and O–H groups in total. The van der Waals surface area contributed by atoms with Gasteiger partial charge in [-0.25, -0.2) is 4.79 Å². The van der Waals surface area contributed by atoms with Crippen LogP contribution in [0.4, 0.5) is 0 Å². The predicted octanol–water partition coefficient (Wildman–Crippen LogP) is 1.81. The number of esters is 1. The second-order valence-corrected chi connectivity index (χ2v) is 5.58. The zero-order chi connectivity index (χ0) is 18.7. The predicted molar refractivity (Wildman–Crippen MR) is 88.9 cm³/mol. The van der Waals surface area contributed by atoms with Crippen LogP contribution in [0, 0.1) is 11.3 Å². The number of carbonyl (C=O) groups is 1. The first-order chi connectivity index (χ1) is 11.9. The number of hydrogen-bond acceptors (Lipinski definition) is 7. The summed E-state index contributed by atoms with van der Waals surface area (Å²) in [6.07, 6.45) is 0. The molecule has 0 bridgehead atoms. The van der Waals surface area contributed by atoms with Crippen LogP contribution in [0.3, 0.4) is 0 Å². The zero-order valence-electron chi connectivity index (χ0n) is 14.7.